The zero-order chi connectivity index (χ0) is 15.3. The van der Waals surface area contributed by atoms with Crippen molar-refractivity contribution in [1.82, 2.24) is 4.90 Å². The summed E-state index contributed by atoms with van der Waals surface area (Å²) in [5, 5.41) is 1.37. The van der Waals surface area contributed by atoms with Crippen LogP contribution < -0.4 is 0 Å². The van der Waals surface area contributed by atoms with E-state index >= 15 is 0 Å². The van der Waals surface area contributed by atoms with Crippen LogP contribution in [0.3, 0.4) is 0 Å². The minimum Gasteiger partial charge on any atom is -0.366 e. The highest BCUT2D eigenvalue weighted by Crippen LogP contribution is 2.36. The molecule has 0 radical (unpaired) electrons. The van der Waals surface area contributed by atoms with Crippen LogP contribution in [0.25, 0.3) is 0 Å². The highest BCUT2D eigenvalue weighted by molar-refractivity contribution is 6.36. The first kappa shape index (κ1) is 17.7. The number of nitrogens with zero attached hydrogens (tertiary/aromatic N) is 1. The molecule has 0 aliphatic carbocycles. The molecule has 2 unspecified atom stereocenters. The number of rotatable bonds is 5. The maximum Gasteiger partial charge on any atom is 0.0743 e. The first-order valence-electron chi connectivity index (χ1n) is 7.57. The number of hydrogen-bond donors (Lipinski definition) is 0. The molecule has 1 heterocycles. The molecule has 1 saturated heterocycles. The van der Waals surface area contributed by atoms with Crippen LogP contribution in [0.2, 0.25) is 0 Å². The van der Waals surface area contributed by atoms with Crippen molar-refractivity contribution in [3.63, 3.8) is 0 Å². The molecule has 20 heavy (non-hydrogen) atoms. The van der Waals surface area contributed by atoms with E-state index in [2.05, 4.69) is 32.3 Å². The van der Waals surface area contributed by atoms with Gasteiger partial charge in [-0.3, -0.25) is 0 Å². The second-order valence-electron chi connectivity index (χ2n) is 5.82. The van der Waals surface area contributed by atoms with Gasteiger partial charge in [-0.2, -0.15) is 0 Å². The monoisotopic (exact) mass is 315 g/mol. The number of halogens is 2. The molecule has 0 aromatic carbocycles. The normalized spacial score (nSPS) is 25.8. The first-order chi connectivity index (χ1) is 9.46. The Bertz CT molecular complexity index is 396. The van der Waals surface area contributed by atoms with Gasteiger partial charge < -0.3 is 4.90 Å². The Labute approximate surface area is 134 Å². The summed E-state index contributed by atoms with van der Waals surface area (Å²) in [7, 11) is 0. The van der Waals surface area contributed by atoms with Crippen molar-refractivity contribution in [2.45, 2.75) is 53.0 Å². The van der Waals surface area contributed by atoms with Gasteiger partial charge in [-0.1, -0.05) is 56.6 Å². The molecule has 1 nitrogen and oxygen atoms in total. The average molecular weight is 316 g/mol. The Morgan fingerprint density at radius 2 is 2.05 bits per heavy atom. The van der Waals surface area contributed by atoms with Crippen LogP contribution in [0.1, 0.15) is 47.0 Å². The molecule has 114 valence electrons. The van der Waals surface area contributed by atoms with Crippen LogP contribution in [0.5, 0.6) is 0 Å². The Balaban J connectivity index is 3.06. The molecule has 1 aliphatic rings. The van der Waals surface area contributed by atoms with E-state index in [0.717, 1.165) is 35.5 Å². The summed E-state index contributed by atoms with van der Waals surface area (Å²) >= 11 is 12.7. The molecule has 2 atom stereocenters. The largest absolute Gasteiger partial charge is 0.366 e. The minimum absolute atomic E-state index is 0.508. The van der Waals surface area contributed by atoms with Crippen molar-refractivity contribution in [2.24, 2.45) is 11.8 Å². The molecular weight excluding hydrogens is 289 g/mol. The highest BCUT2D eigenvalue weighted by Gasteiger charge is 2.31. The predicted molar refractivity (Wildman–Crippen MR) is 91.0 cm³/mol. The van der Waals surface area contributed by atoms with Gasteiger partial charge in [-0.25, -0.2) is 0 Å². The molecule has 0 bridgehead atoms. The fourth-order valence-electron chi connectivity index (χ4n) is 2.99. The lowest BCUT2D eigenvalue weighted by atomic mass is 9.82. The van der Waals surface area contributed by atoms with Gasteiger partial charge in [0.2, 0.25) is 0 Å². The fraction of sp³-hybridized carbons (Fsp3) is 0.647. The van der Waals surface area contributed by atoms with E-state index in [1.165, 1.54) is 12.8 Å². The summed E-state index contributed by atoms with van der Waals surface area (Å²) in [5.74, 6) is 1.54. The van der Waals surface area contributed by atoms with Gasteiger partial charge in [0.05, 0.1) is 15.8 Å². The summed E-state index contributed by atoms with van der Waals surface area (Å²) in [4.78, 5) is 2.38. The molecule has 0 amide bonds. The van der Waals surface area contributed by atoms with E-state index < -0.39 is 0 Å². The zero-order valence-electron chi connectivity index (χ0n) is 13.1. The molecular formula is C17H27Cl2N. The molecule has 1 rings (SSSR count). The quantitative estimate of drug-likeness (QED) is 0.570. The summed E-state index contributed by atoms with van der Waals surface area (Å²) < 4.78 is 0. The standard InChI is InChI=1S/C17H27Cl2N/c1-6-14-11-13(12(4)5)9-10-20(14)17(15(18)7-2)16(19)8-3/h7-8,12-14H,2,6,9-11H2,1,3-5H3/b16-8+,17-15-. The smallest absolute Gasteiger partial charge is 0.0743 e. The average Bonchev–Trinajstić information content (AvgIpc) is 2.46. The van der Waals surface area contributed by atoms with E-state index in [9.17, 15) is 0 Å². The first-order valence-corrected chi connectivity index (χ1v) is 8.32. The SMILES string of the molecule is C=C/C(Cl)=C(\C(Cl)=C/C)N1CCC(C(C)C)CC1CC. The van der Waals surface area contributed by atoms with Crippen LogP contribution >= 0.6 is 23.2 Å². The van der Waals surface area contributed by atoms with Crippen molar-refractivity contribution >= 4 is 23.2 Å². The Morgan fingerprint density at radius 1 is 1.40 bits per heavy atom. The van der Waals surface area contributed by atoms with Crippen molar-refractivity contribution in [1.29, 1.82) is 0 Å². The molecule has 0 aromatic heterocycles. The summed E-state index contributed by atoms with van der Waals surface area (Å²) in [6, 6.07) is 0.508. The van der Waals surface area contributed by atoms with Gasteiger partial charge in [0.25, 0.3) is 0 Å². The summed E-state index contributed by atoms with van der Waals surface area (Å²) in [6.45, 7) is 13.6. The Morgan fingerprint density at radius 3 is 2.50 bits per heavy atom. The predicted octanol–water partition coefficient (Wildman–Crippen LogP) is 5.91. The molecule has 0 N–H and O–H groups in total. The van der Waals surface area contributed by atoms with Gasteiger partial charge in [0.15, 0.2) is 0 Å². The Hall–Kier alpha value is -0.400. The molecule has 1 aliphatic heterocycles. The van der Waals surface area contributed by atoms with Crippen LogP contribution in [0, 0.1) is 11.8 Å². The van der Waals surface area contributed by atoms with Gasteiger partial charge in [-0.05, 0) is 44.1 Å². The lowest BCUT2D eigenvalue weighted by Gasteiger charge is -2.43. The van der Waals surface area contributed by atoms with Crippen LogP contribution in [0.15, 0.2) is 34.5 Å². The van der Waals surface area contributed by atoms with Gasteiger partial charge in [0, 0.05) is 12.6 Å². The van der Waals surface area contributed by atoms with Gasteiger partial charge >= 0.3 is 0 Å². The van der Waals surface area contributed by atoms with E-state index in [-0.39, 0.29) is 0 Å². The zero-order valence-corrected chi connectivity index (χ0v) is 14.6. The molecule has 0 saturated carbocycles. The maximum absolute atomic E-state index is 6.39. The van der Waals surface area contributed by atoms with Crippen molar-refractivity contribution < 1.29 is 0 Å². The van der Waals surface area contributed by atoms with Crippen molar-refractivity contribution in [3.05, 3.63) is 34.5 Å². The fourth-order valence-corrected chi connectivity index (χ4v) is 3.46. The third-order valence-corrected chi connectivity index (χ3v) is 5.07. The third kappa shape index (κ3) is 4.05. The van der Waals surface area contributed by atoms with Gasteiger partial charge in [-0.15, -0.1) is 0 Å². The maximum atomic E-state index is 6.39. The third-order valence-electron chi connectivity index (χ3n) is 4.34. The molecule has 1 fully saturated rings. The minimum atomic E-state index is 0.508. The number of likely N-dealkylation sites (tertiary alicyclic amines) is 1. The van der Waals surface area contributed by atoms with E-state index in [4.69, 9.17) is 23.2 Å². The van der Waals surface area contributed by atoms with E-state index in [1.54, 1.807) is 6.08 Å². The number of allylic oxidation sites excluding steroid dienone is 4. The van der Waals surface area contributed by atoms with Crippen LogP contribution in [-0.4, -0.2) is 17.5 Å². The lowest BCUT2D eigenvalue weighted by molar-refractivity contribution is 0.124. The number of piperidine rings is 1. The second kappa shape index (κ2) is 8.14. The molecule has 0 spiro atoms. The molecule has 3 heteroatoms. The second-order valence-corrected chi connectivity index (χ2v) is 6.64. The van der Waals surface area contributed by atoms with E-state index in [1.807, 2.05) is 13.0 Å². The van der Waals surface area contributed by atoms with Crippen LogP contribution in [-0.2, 0) is 0 Å². The molecule has 0 aromatic rings. The van der Waals surface area contributed by atoms with E-state index in [0.29, 0.717) is 11.1 Å². The summed E-state index contributed by atoms with van der Waals surface area (Å²) in [5.41, 5.74) is 0.944. The highest BCUT2D eigenvalue weighted by atomic mass is 35.5. The van der Waals surface area contributed by atoms with Gasteiger partial charge in [0.1, 0.15) is 0 Å². The Kier molecular flexibility index (Phi) is 7.19. The van der Waals surface area contributed by atoms with Crippen molar-refractivity contribution in [2.75, 3.05) is 6.54 Å². The van der Waals surface area contributed by atoms with Crippen LogP contribution in [0.4, 0.5) is 0 Å². The lowest BCUT2D eigenvalue weighted by Crippen LogP contribution is -2.43. The summed E-state index contributed by atoms with van der Waals surface area (Å²) in [6.07, 6.45) is 7.12. The number of hydrogen-bond acceptors (Lipinski definition) is 1. The van der Waals surface area contributed by atoms with Crippen molar-refractivity contribution in [3.8, 4) is 0 Å². The topological polar surface area (TPSA) is 3.24 Å².